The lowest BCUT2D eigenvalue weighted by atomic mass is 9.96. The van der Waals surface area contributed by atoms with E-state index in [2.05, 4.69) is 15.0 Å². The van der Waals surface area contributed by atoms with Crippen molar-refractivity contribution in [2.24, 2.45) is 10.3 Å². The quantitative estimate of drug-likeness (QED) is 0.605. The molecule has 1 unspecified atom stereocenters. The molecule has 0 bridgehead atoms. The number of esters is 1. The zero-order chi connectivity index (χ0) is 25.2. The van der Waals surface area contributed by atoms with Crippen LogP contribution in [0, 0.1) is 5.92 Å². The smallest absolute Gasteiger partial charge is 0.309 e. The molecule has 2 aliphatic heterocycles. The maximum Gasteiger partial charge on any atom is 0.309 e. The van der Waals surface area contributed by atoms with Crippen LogP contribution in [-0.4, -0.2) is 56.1 Å². The summed E-state index contributed by atoms with van der Waals surface area (Å²) in [6.07, 6.45) is -0.0790. The minimum atomic E-state index is -3.70. The summed E-state index contributed by atoms with van der Waals surface area (Å²) in [6.45, 7) is 3.80. The molecule has 2 N–H and O–H groups in total. The number of fused-ring (bicyclic) bond motifs is 1. The number of benzene rings is 2. The first kappa shape index (κ1) is 24.4. The number of nitrogens with zero attached hydrogens (tertiary/aromatic N) is 2. The molecule has 0 aliphatic carbocycles. The Morgan fingerprint density at radius 2 is 1.60 bits per heavy atom. The van der Waals surface area contributed by atoms with E-state index in [0.29, 0.717) is 48.7 Å². The van der Waals surface area contributed by atoms with E-state index in [0.717, 1.165) is 0 Å². The van der Waals surface area contributed by atoms with Gasteiger partial charge in [0.15, 0.2) is 11.9 Å². The van der Waals surface area contributed by atoms with Gasteiger partial charge in [0.25, 0.3) is 15.9 Å². The van der Waals surface area contributed by atoms with Crippen LogP contribution in [0.1, 0.15) is 32.3 Å². The Morgan fingerprint density at radius 1 is 1.00 bits per heavy atom. The van der Waals surface area contributed by atoms with E-state index in [1.54, 1.807) is 42.5 Å². The van der Waals surface area contributed by atoms with Gasteiger partial charge in [-0.15, -0.1) is 4.40 Å². The molecule has 2 aromatic rings. The summed E-state index contributed by atoms with van der Waals surface area (Å²) in [5.74, 6) is -1.11. The maximum atomic E-state index is 12.7. The topological polar surface area (TPSA) is 134 Å². The molecule has 2 amide bonds. The van der Waals surface area contributed by atoms with Crippen LogP contribution in [0.25, 0.3) is 0 Å². The van der Waals surface area contributed by atoms with Crippen molar-refractivity contribution in [2.45, 2.75) is 37.7 Å². The molecule has 35 heavy (non-hydrogen) atoms. The standard InChI is InChI=1S/C24H26N4O6S/c1-15(23(30)26-19-9-7-18(8-10-19)25-16(2)29)34-24(31)17-11-13-28(14-12-17)22-20-5-3-4-6-21(20)35(32,33)27-22/h3-10,15,17H,11-14H2,1-2H3,(H,25,29)(H,26,30). The second-order valence-corrected chi connectivity index (χ2v) is 10.0. The minimum absolute atomic E-state index is 0.195. The lowest BCUT2D eigenvalue weighted by molar-refractivity contribution is -0.158. The summed E-state index contributed by atoms with van der Waals surface area (Å²) in [6, 6.07) is 13.3. The van der Waals surface area contributed by atoms with Crippen LogP contribution in [0.15, 0.2) is 57.8 Å². The average molecular weight is 499 g/mol. The highest BCUT2D eigenvalue weighted by Gasteiger charge is 2.35. The number of hydrogen-bond acceptors (Lipinski definition) is 7. The predicted molar refractivity (Wildman–Crippen MR) is 129 cm³/mol. The van der Waals surface area contributed by atoms with Crippen molar-refractivity contribution >= 4 is 45.0 Å². The molecule has 1 fully saturated rings. The van der Waals surface area contributed by atoms with Crippen molar-refractivity contribution in [3.8, 4) is 0 Å². The van der Waals surface area contributed by atoms with Crippen LogP contribution in [-0.2, 0) is 29.1 Å². The number of carbonyl (C=O) groups excluding carboxylic acids is 3. The van der Waals surface area contributed by atoms with Crippen LogP contribution in [0.2, 0.25) is 0 Å². The third-order valence-corrected chi connectivity index (χ3v) is 7.20. The molecule has 2 heterocycles. The lowest BCUT2D eigenvalue weighted by Crippen LogP contribution is -2.41. The van der Waals surface area contributed by atoms with Crippen LogP contribution in [0.5, 0.6) is 0 Å². The van der Waals surface area contributed by atoms with Crippen LogP contribution in [0.3, 0.4) is 0 Å². The number of carbonyl (C=O) groups is 3. The molecule has 0 spiro atoms. The maximum absolute atomic E-state index is 12.7. The molecule has 11 heteroatoms. The Morgan fingerprint density at radius 3 is 2.23 bits per heavy atom. The molecule has 2 aliphatic rings. The Bertz CT molecular complexity index is 1280. The summed E-state index contributed by atoms with van der Waals surface area (Å²) >= 11 is 0. The second kappa shape index (κ2) is 9.87. The summed E-state index contributed by atoms with van der Waals surface area (Å²) in [4.78, 5) is 38.3. The van der Waals surface area contributed by atoms with Gasteiger partial charge in [-0.2, -0.15) is 8.42 Å². The zero-order valence-corrected chi connectivity index (χ0v) is 20.2. The molecule has 10 nitrogen and oxygen atoms in total. The van der Waals surface area contributed by atoms with Crippen molar-refractivity contribution in [1.82, 2.24) is 4.90 Å². The first-order chi connectivity index (χ1) is 16.6. The van der Waals surface area contributed by atoms with Crippen LogP contribution in [0.4, 0.5) is 11.4 Å². The Labute approximate surface area is 203 Å². The summed E-state index contributed by atoms with van der Waals surface area (Å²) in [7, 11) is -3.70. The number of nitrogens with one attached hydrogen (secondary N) is 2. The molecule has 1 atom stereocenters. The van der Waals surface area contributed by atoms with Gasteiger partial charge in [-0.3, -0.25) is 14.4 Å². The first-order valence-electron chi connectivity index (χ1n) is 11.2. The fourth-order valence-electron chi connectivity index (χ4n) is 4.05. The number of ether oxygens (including phenoxy) is 1. The Kier molecular flexibility index (Phi) is 6.88. The molecule has 0 radical (unpaired) electrons. The molecule has 0 saturated carbocycles. The van der Waals surface area contributed by atoms with Gasteiger partial charge in [-0.05, 0) is 56.2 Å². The van der Waals surface area contributed by atoms with Gasteiger partial charge in [0, 0.05) is 37.0 Å². The molecule has 1 saturated heterocycles. The molecular formula is C24H26N4O6S. The van der Waals surface area contributed by atoms with Gasteiger partial charge in [0.1, 0.15) is 4.90 Å². The van der Waals surface area contributed by atoms with Crippen molar-refractivity contribution in [1.29, 1.82) is 0 Å². The van der Waals surface area contributed by atoms with Gasteiger partial charge < -0.3 is 20.3 Å². The monoisotopic (exact) mass is 498 g/mol. The normalized spacial score (nSPS) is 17.7. The van der Waals surface area contributed by atoms with Crippen molar-refractivity contribution in [2.75, 3.05) is 23.7 Å². The van der Waals surface area contributed by atoms with Gasteiger partial charge in [0.05, 0.1) is 5.92 Å². The van der Waals surface area contributed by atoms with E-state index in [4.69, 9.17) is 4.74 Å². The number of anilines is 2. The zero-order valence-electron chi connectivity index (χ0n) is 19.4. The van der Waals surface area contributed by atoms with E-state index in [1.807, 2.05) is 4.90 Å². The van der Waals surface area contributed by atoms with Crippen LogP contribution < -0.4 is 10.6 Å². The third kappa shape index (κ3) is 5.51. The predicted octanol–water partition coefficient (Wildman–Crippen LogP) is 2.38. The Hall–Kier alpha value is -3.73. The number of rotatable bonds is 5. The van der Waals surface area contributed by atoms with Crippen molar-refractivity contribution in [3.63, 3.8) is 0 Å². The van der Waals surface area contributed by atoms with Gasteiger partial charge in [-0.1, -0.05) is 12.1 Å². The largest absolute Gasteiger partial charge is 0.452 e. The highest BCUT2D eigenvalue weighted by molar-refractivity contribution is 7.90. The Balaban J connectivity index is 1.29. The summed E-state index contributed by atoms with van der Waals surface area (Å²) in [5, 5.41) is 5.32. The van der Waals surface area contributed by atoms with Gasteiger partial charge in [0.2, 0.25) is 5.91 Å². The van der Waals surface area contributed by atoms with Crippen molar-refractivity contribution < 1.29 is 27.5 Å². The molecule has 2 aromatic carbocycles. The first-order valence-corrected chi connectivity index (χ1v) is 12.7. The van der Waals surface area contributed by atoms with E-state index in [-0.39, 0.29) is 10.8 Å². The van der Waals surface area contributed by atoms with Crippen molar-refractivity contribution in [3.05, 3.63) is 54.1 Å². The molecule has 184 valence electrons. The fourth-order valence-corrected chi connectivity index (χ4v) is 5.28. The minimum Gasteiger partial charge on any atom is -0.452 e. The SMILES string of the molecule is CC(=O)Nc1ccc(NC(=O)C(C)OC(=O)C2CCN(C3=NS(=O)(=O)c4ccccc43)CC2)cc1. The number of amidine groups is 1. The van der Waals surface area contributed by atoms with E-state index < -0.39 is 33.9 Å². The molecular weight excluding hydrogens is 472 g/mol. The van der Waals surface area contributed by atoms with E-state index in [9.17, 15) is 22.8 Å². The van der Waals surface area contributed by atoms with E-state index >= 15 is 0 Å². The van der Waals surface area contributed by atoms with Gasteiger partial charge in [-0.25, -0.2) is 0 Å². The highest BCUT2D eigenvalue weighted by atomic mass is 32.2. The number of piperidine rings is 1. The fraction of sp³-hybridized carbons (Fsp3) is 0.333. The summed E-state index contributed by atoms with van der Waals surface area (Å²) in [5.41, 5.74) is 1.68. The number of likely N-dealkylation sites (tertiary alicyclic amines) is 1. The van der Waals surface area contributed by atoms with Crippen LogP contribution >= 0.6 is 0 Å². The number of sulfonamides is 1. The van der Waals surface area contributed by atoms with Gasteiger partial charge >= 0.3 is 5.97 Å². The average Bonchev–Trinajstić information content (AvgIpc) is 3.11. The summed E-state index contributed by atoms with van der Waals surface area (Å²) < 4.78 is 34.0. The lowest BCUT2D eigenvalue weighted by Gasteiger charge is -2.32. The number of hydrogen-bond donors (Lipinski definition) is 2. The molecule has 4 rings (SSSR count). The van der Waals surface area contributed by atoms with E-state index in [1.165, 1.54) is 19.9 Å². The molecule has 0 aromatic heterocycles. The number of amides is 2. The highest BCUT2D eigenvalue weighted by Crippen LogP contribution is 2.30. The third-order valence-electron chi connectivity index (χ3n) is 5.88. The second-order valence-electron chi connectivity index (χ2n) is 8.47.